The van der Waals surface area contributed by atoms with E-state index in [0.717, 1.165) is 47.8 Å². The van der Waals surface area contributed by atoms with Gasteiger partial charge in [0.1, 0.15) is 0 Å². The molecule has 8 fully saturated rings. The van der Waals surface area contributed by atoms with E-state index in [2.05, 4.69) is 45.1 Å². The van der Waals surface area contributed by atoms with Gasteiger partial charge in [0.25, 0.3) is 0 Å². The summed E-state index contributed by atoms with van der Waals surface area (Å²) in [6.45, 7) is 11.4. The molecule has 8 aliphatic rings. The maximum absolute atomic E-state index is 4.16. The van der Waals surface area contributed by atoms with E-state index >= 15 is 0 Å². The van der Waals surface area contributed by atoms with Crippen molar-refractivity contribution in [3.8, 4) is 0 Å². The molecule has 8 heterocycles. The molecule has 0 radical (unpaired) electrons. The molecular weight excluding hydrogens is 797 g/mol. The van der Waals surface area contributed by atoms with Crippen LogP contribution in [-0.2, 0) is 25.5 Å². The SMILES string of the molecule is C1CCN2C[C@H]3C[C@H](CN4CCCC[C@@H]34)[C@H]2C1.C1CCN2C[C@H]3C[C@H](CN4CCCC[C@@H]34)[C@H]2C1.[Cu][I].[Cu][I]. The molecule has 8 rings (SSSR count). The Morgan fingerprint density at radius 1 is 0.368 bits per heavy atom. The molecule has 0 aromatic heterocycles. The van der Waals surface area contributed by atoms with E-state index in [-0.39, 0.29) is 0 Å². The van der Waals surface area contributed by atoms with Crippen molar-refractivity contribution in [2.24, 2.45) is 23.7 Å². The topological polar surface area (TPSA) is 13.0 Å². The van der Waals surface area contributed by atoms with Gasteiger partial charge in [-0.2, -0.15) is 0 Å². The maximum atomic E-state index is 4.16. The Morgan fingerprint density at radius 3 is 0.842 bits per heavy atom. The van der Waals surface area contributed by atoms with Gasteiger partial charge >= 0.3 is 66.2 Å². The van der Waals surface area contributed by atoms with Gasteiger partial charge < -0.3 is 0 Å². The molecule has 0 aromatic carbocycles. The number of rotatable bonds is 0. The second-order valence-corrected chi connectivity index (χ2v) is 13.7. The molecule has 0 unspecified atom stereocenters. The number of hydrogen-bond acceptors (Lipinski definition) is 4. The Morgan fingerprint density at radius 2 is 0.605 bits per heavy atom. The van der Waals surface area contributed by atoms with Gasteiger partial charge in [0.2, 0.25) is 0 Å². The Balaban J connectivity index is 0.000000137. The average molecular weight is 850 g/mol. The minimum absolute atomic E-state index is 0.961. The quantitative estimate of drug-likeness (QED) is 0.205. The third kappa shape index (κ3) is 7.17. The molecule has 0 aromatic rings. The van der Waals surface area contributed by atoms with E-state index in [4.69, 9.17) is 0 Å². The second kappa shape index (κ2) is 15.9. The van der Waals surface area contributed by atoms with Crippen molar-refractivity contribution in [2.75, 3.05) is 52.4 Å². The van der Waals surface area contributed by atoms with Crippen LogP contribution in [0.2, 0.25) is 0 Å². The van der Waals surface area contributed by atoms with Crippen molar-refractivity contribution in [1.29, 1.82) is 0 Å². The van der Waals surface area contributed by atoms with Crippen LogP contribution in [0.3, 0.4) is 0 Å². The molecule has 0 saturated carbocycles. The molecule has 0 N–H and O–H groups in total. The third-order valence-corrected chi connectivity index (χ3v) is 11.9. The van der Waals surface area contributed by atoms with Crippen LogP contribution >= 0.6 is 40.7 Å². The Labute approximate surface area is 273 Å². The summed E-state index contributed by atoms with van der Waals surface area (Å²) in [5.41, 5.74) is 0. The molecular formula is C30H52Cu2I2N4. The van der Waals surface area contributed by atoms with Crippen LogP contribution in [0.4, 0.5) is 0 Å². The van der Waals surface area contributed by atoms with Gasteiger partial charge in [0.15, 0.2) is 0 Å². The first-order valence-electron chi connectivity index (χ1n) is 16.0. The molecule has 38 heavy (non-hydrogen) atoms. The first kappa shape index (κ1) is 31.8. The molecule has 0 spiro atoms. The predicted molar refractivity (Wildman–Crippen MR) is 168 cm³/mol. The fourth-order valence-corrected chi connectivity index (χ4v) is 10.5. The number of fused-ring (bicyclic) bond motifs is 12. The summed E-state index contributed by atoms with van der Waals surface area (Å²) in [6, 6.07) is 3.84. The zero-order valence-corrected chi connectivity index (χ0v) is 29.5. The fraction of sp³-hybridized carbons (Fsp3) is 1.00. The zero-order valence-electron chi connectivity index (χ0n) is 23.3. The standard InChI is InChI=1S/2C15H26N2.2Cu.2HI/c2*1-3-7-16-11-13-9-12(14(16)5-1)10-17-8-4-2-6-15(13)17;;;;/h2*12-15H,1-11H2;;;2*1H/q;;2*+1;;/p-2/t2*12-,13-,14-,15+;;;;/m11..../s1. The summed E-state index contributed by atoms with van der Waals surface area (Å²) in [5.74, 6) is 4.07. The molecule has 8 atom stereocenters. The molecule has 0 amide bonds. The first-order valence-corrected chi connectivity index (χ1v) is 22.1. The van der Waals surface area contributed by atoms with E-state index in [1.807, 2.05) is 0 Å². The molecule has 8 heteroatoms. The predicted octanol–water partition coefficient (Wildman–Crippen LogP) is 6.46. The fourth-order valence-electron chi connectivity index (χ4n) is 10.5. The zero-order chi connectivity index (χ0) is 26.5. The van der Waals surface area contributed by atoms with Gasteiger partial charge in [-0.3, -0.25) is 19.6 Å². The van der Waals surface area contributed by atoms with E-state index in [1.165, 1.54) is 129 Å². The molecule has 228 valence electrons. The summed E-state index contributed by atoms with van der Waals surface area (Å²) < 4.78 is 0. The van der Waals surface area contributed by atoms with E-state index in [1.54, 1.807) is 53.5 Å². The average Bonchev–Trinajstić information content (AvgIpc) is 3.00. The van der Waals surface area contributed by atoms with E-state index in [0.29, 0.717) is 0 Å². The summed E-state index contributed by atoms with van der Waals surface area (Å²) >= 11 is 11.7. The van der Waals surface area contributed by atoms with Crippen LogP contribution in [0, 0.1) is 23.7 Å². The molecule has 4 nitrogen and oxygen atoms in total. The summed E-state index contributed by atoms with van der Waals surface area (Å²) in [5, 5.41) is 0. The van der Waals surface area contributed by atoms with E-state index in [9.17, 15) is 0 Å². The molecule has 8 saturated heterocycles. The number of halogens is 2. The number of nitrogens with zero attached hydrogens (tertiary/aromatic N) is 4. The number of hydrogen-bond donors (Lipinski definition) is 0. The van der Waals surface area contributed by atoms with Crippen molar-refractivity contribution in [2.45, 2.75) is 114 Å². The van der Waals surface area contributed by atoms with Crippen LogP contribution in [-0.4, -0.2) is 96.1 Å². The van der Waals surface area contributed by atoms with Gasteiger partial charge in [0.05, 0.1) is 0 Å². The van der Waals surface area contributed by atoms with Gasteiger partial charge in [-0.05, 0) is 114 Å². The van der Waals surface area contributed by atoms with Crippen molar-refractivity contribution in [3.05, 3.63) is 0 Å². The van der Waals surface area contributed by atoms with Crippen LogP contribution < -0.4 is 0 Å². The summed E-state index contributed by atoms with van der Waals surface area (Å²) in [4.78, 5) is 11.5. The monoisotopic (exact) mass is 848 g/mol. The van der Waals surface area contributed by atoms with E-state index < -0.39 is 0 Å². The Bertz CT molecular complexity index is 606. The Hall–Kier alpha value is 2.34. The summed E-state index contributed by atoms with van der Waals surface area (Å²) in [7, 11) is 0. The van der Waals surface area contributed by atoms with Crippen molar-refractivity contribution < 1.29 is 25.5 Å². The Kier molecular flexibility index (Phi) is 13.3. The van der Waals surface area contributed by atoms with Crippen LogP contribution in [0.25, 0.3) is 0 Å². The van der Waals surface area contributed by atoms with Gasteiger partial charge in [0, 0.05) is 50.3 Å². The molecule has 0 aliphatic carbocycles. The normalized spacial score (nSPS) is 42.7. The van der Waals surface area contributed by atoms with Gasteiger partial charge in [-0.25, -0.2) is 0 Å². The summed E-state index contributed by atoms with van der Waals surface area (Å²) in [6.07, 6.45) is 20.9. The van der Waals surface area contributed by atoms with Crippen molar-refractivity contribution in [1.82, 2.24) is 19.6 Å². The van der Waals surface area contributed by atoms with Crippen molar-refractivity contribution >= 4 is 40.7 Å². The minimum atomic E-state index is 0.961. The number of piperidine rings is 8. The third-order valence-electron chi connectivity index (χ3n) is 11.9. The van der Waals surface area contributed by atoms with Crippen molar-refractivity contribution in [3.63, 3.8) is 0 Å². The molecule has 8 aliphatic heterocycles. The molecule has 4 bridgehead atoms. The second-order valence-electron chi connectivity index (χ2n) is 13.7. The van der Waals surface area contributed by atoms with Crippen LogP contribution in [0.5, 0.6) is 0 Å². The first-order chi connectivity index (χ1) is 18.8. The van der Waals surface area contributed by atoms with Crippen LogP contribution in [0.15, 0.2) is 0 Å². The van der Waals surface area contributed by atoms with Gasteiger partial charge in [-0.1, -0.05) is 25.7 Å². The van der Waals surface area contributed by atoms with Gasteiger partial charge in [-0.15, -0.1) is 0 Å². The van der Waals surface area contributed by atoms with Crippen LogP contribution in [0.1, 0.15) is 89.9 Å².